The molecule has 0 amide bonds. The Kier molecular flexibility index (Phi) is 10.7. The maximum atomic E-state index is 2.38. The highest BCUT2D eigenvalue weighted by Crippen LogP contribution is 2.18. The molecule has 0 saturated heterocycles. The van der Waals surface area contributed by atoms with Crippen molar-refractivity contribution in [2.24, 2.45) is 0 Å². The Labute approximate surface area is 88.9 Å². The number of hydrogen-bond donors (Lipinski definition) is 0. The van der Waals surface area contributed by atoms with Crippen molar-refractivity contribution in [3.8, 4) is 0 Å². The van der Waals surface area contributed by atoms with Gasteiger partial charge in [-0.1, -0.05) is 52.9 Å². The van der Waals surface area contributed by atoms with Crippen molar-refractivity contribution in [1.29, 1.82) is 0 Å². The molecular formula is C12H26S. The molecule has 0 fully saturated rings. The molecule has 80 valence electrons. The van der Waals surface area contributed by atoms with Gasteiger partial charge in [0.1, 0.15) is 0 Å². The van der Waals surface area contributed by atoms with Crippen molar-refractivity contribution < 1.29 is 0 Å². The Hall–Kier alpha value is 0.350. The number of rotatable bonds is 9. The molecule has 0 aliphatic rings. The highest BCUT2D eigenvalue weighted by Gasteiger charge is 2.00. The van der Waals surface area contributed by atoms with E-state index in [-0.39, 0.29) is 0 Å². The first-order chi connectivity index (χ1) is 6.31. The van der Waals surface area contributed by atoms with Gasteiger partial charge < -0.3 is 0 Å². The van der Waals surface area contributed by atoms with E-state index in [1.807, 2.05) is 0 Å². The van der Waals surface area contributed by atoms with Gasteiger partial charge in [0.05, 0.1) is 0 Å². The predicted molar refractivity (Wildman–Crippen MR) is 65.6 cm³/mol. The van der Waals surface area contributed by atoms with E-state index in [0.29, 0.717) is 0 Å². The van der Waals surface area contributed by atoms with E-state index in [9.17, 15) is 0 Å². The zero-order chi connectivity index (χ0) is 9.94. The smallest absolute Gasteiger partial charge is 0.00187 e. The summed E-state index contributed by atoms with van der Waals surface area (Å²) in [5.41, 5.74) is 0. The molecule has 0 aromatic rings. The van der Waals surface area contributed by atoms with Gasteiger partial charge in [-0.15, -0.1) is 0 Å². The lowest BCUT2D eigenvalue weighted by Gasteiger charge is -2.09. The molecule has 0 nitrogen and oxygen atoms in total. The van der Waals surface area contributed by atoms with Gasteiger partial charge >= 0.3 is 0 Å². The van der Waals surface area contributed by atoms with Gasteiger partial charge in [-0.05, 0) is 18.6 Å². The van der Waals surface area contributed by atoms with Crippen molar-refractivity contribution in [3.63, 3.8) is 0 Å². The first-order valence-electron chi connectivity index (χ1n) is 5.92. The van der Waals surface area contributed by atoms with Crippen LogP contribution in [0.15, 0.2) is 0 Å². The van der Waals surface area contributed by atoms with Crippen LogP contribution in [0.4, 0.5) is 0 Å². The zero-order valence-electron chi connectivity index (χ0n) is 9.64. The summed E-state index contributed by atoms with van der Waals surface area (Å²) in [5, 5.41) is 0.890. The van der Waals surface area contributed by atoms with Crippen molar-refractivity contribution in [2.75, 3.05) is 5.75 Å². The lowest BCUT2D eigenvalue weighted by molar-refractivity contribution is 0.697. The van der Waals surface area contributed by atoms with E-state index in [1.54, 1.807) is 0 Å². The summed E-state index contributed by atoms with van der Waals surface area (Å²) in [7, 11) is 0. The van der Waals surface area contributed by atoms with Gasteiger partial charge in [0.25, 0.3) is 0 Å². The monoisotopic (exact) mass is 202 g/mol. The molecule has 0 aromatic heterocycles. The van der Waals surface area contributed by atoms with Crippen LogP contribution in [0.2, 0.25) is 0 Å². The summed E-state index contributed by atoms with van der Waals surface area (Å²) in [6.07, 6.45) is 9.80. The largest absolute Gasteiger partial charge is 0.159 e. The van der Waals surface area contributed by atoms with E-state index in [4.69, 9.17) is 0 Å². The molecule has 13 heavy (non-hydrogen) atoms. The lowest BCUT2D eigenvalue weighted by atomic mass is 10.2. The van der Waals surface area contributed by atoms with E-state index >= 15 is 0 Å². The van der Waals surface area contributed by atoms with Gasteiger partial charge in [-0.25, -0.2) is 0 Å². The standard InChI is InChI=1S/C12H26S/c1-4-6-8-9-11-13-12(3)10-7-5-2/h12H,4-11H2,1-3H3. The van der Waals surface area contributed by atoms with Crippen LogP contribution in [0.1, 0.15) is 65.7 Å². The summed E-state index contributed by atoms with van der Waals surface area (Å²) >= 11 is 2.17. The van der Waals surface area contributed by atoms with Crippen molar-refractivity contribution in [2.45, 2.75) is 71.0 Å². The lowest BCUT2D eigenvalue weighted by Crippen LogP contribution is -1.97. The Morgan fingerprint density at radius 2 is 1.62 bits per heavy atom. The van der Waals surface area contributed by atoms with Gasteiger partial charge in [0.15, 0.2) is 0 Å². The van der Waals surface area contributed by atoms with Crippen LogP contribution in [0, 0.1) is 0 Å². The minimum Gasteiger partial charge on any atom is -0.159 e. The van der Waals surface area contributed by atoms with Gasteiger partial charge in [0.2, 0.25) is 0 Å². The zero-order valence-corrected chi connectivity index (χ0v) is 10.5. The van der Waals surface area contributed by atoms with Crippen LogP contribution in [-0.4, -0.2) is 11.0 Å². The normalized spacial score (nSPS) is 13.2. The molecule has 0 N–H and O–H groups in total. The summed E-state index contributed by atoms with van der Waals surface area (Å²) < 4.78 is 0. The van der Waals surface area contributed by atoms with E-state index in [2.05, 4.69) is 32.5 Å². The van der Waals surface area contributed by atoms with Crippen LogP contribution in [0.3, 0.4) is 0 Å². The maximum Gasteiger partial charge on any atom is 0.00187 e. The van der Waals surface area contributed by atoms with Crippen molar-refractivity contribution >= 4 is 11.8 Å². The van der Waals surface area contributed by atoms with Crippen LogP contribution in [0.25, 0.3) is 0 Å². The Morgan fingerprint density at radius 3 is 2.23 bits per heavy atom. The van der Waals surface area contributed by atoms with Crippen LogP contribution in [-0.2, 0) is 0 Å². The summed E-state index contributed by atoms with van der Waals surface area (Å²) in [4.78, 5) is 0. The van der Waals surface area contributed by atoms with Crippen LogP contribution < -0.4 is 0 Å². The maximum absolute atomic E-state index is 2.38. The van der Waals surface area contributed by atoms with Gasteiger partial charge in [-0.2, -0.15) is 11.8 Å². The predicted octanol–water partition coefficient (Wildman–Crippen LogP) is 4.88. The third kappa shape index (κ3) is 10.3. The third-order valence-corrected chi connectivity index (χ3v) is 3.69. The molecule has 0 radical (unpaired) electrons. The number of thioether (sulfide) groups is 1. The summed E-state index contributed by atoms with van der Waals surface area (Å²) in [6.45, 7) is 6.93. The fourth-order valence-corrected chi connectivity index (χ4v) is 2.49. The summed E-state index contributed by atoms with van der Waals surface area (Å²) in [6, 6.07) is 0. The molecule has 0 aliphatic heterocycles. The van der Waals surface area contributed by atoms with Gasteiger partial charge in [-0.3, -0.25) is 0 Å². The fraction of sp³-hybridized carbons (Fsp3) is 1.00. The molecule has 0 aliphatic carbocycles. The molecular weight excluding hydrogens is 176 g/mol. The van der Waals surface area contributed by atoms with E-state index < -0.39 is 0 Å². The van der Waals surface area contributed by atoms with Crippen molar-refractivity contribution in [3.05, 3.63) is 0 Å². The Bertz CT molecular complexity index is 91.1. The minimum atomic E-state index is 0.890. The minimum absolute atomic E-state index is 0.890. The fourth-order valence-electron chi connectivity index (χ4n) is 1.39. The first kappa shape index (κ1) is 13.4. The van der Waals surface area contributed by atoms with E-state index in [0.717, 1.165) is 5.25 Å². The average Bonchev–Trinajstić information content (AvgIpc) is 2.14. The Balaban J connectivity index is 3.03. The molecule has 0 bridgehead atoms. The molecule has 0 rings (SSSR count). The molecule has 0 heterocycles. The molecule has 0 spiro atoms. The first-order valence-corrected chi connectivity index (χ1v) is 6.97. The third-order valence-electron chi connectivity index (χ3n) is 2.36. The highest BCUT2D eigenvalue weighted by atomic mass is 32.2. The SMILES string of the molecule is CCCCCCSC(C)CCCC. The number of hydrogen-bond acceptors (Lipinski definition) is 1. The van der Waals surface area contributed by atoms with Crippen LogP contribution >= 0.6 is 11.8 Å². The second kappa shape index (κ2) is 10.4. The highest BCUT2D eigenvalue weighted by molar-refractivity contribution is 7.99. The topological polar surface area (TPSA) is 0 Å². The van der Waals surface area contributed by atoms with Gasteiger partial charge in [0, 0.05) is 5.25 Å². The molecule has 1 unspecified atom stereocenters. The summed E-state index contributed by atoms with van der Waals surface area (Å²) in [5.74, 6) is 1.38. The molecule has 1 heteroatoms. The van der Waals surface area contributed by atoms with Crippen molar-refractivity contribution in [1.82, 2.24) is 0 Å². The molecule has 0 aromatic carbocycles. The quantitative estimate of drug-likeness (QED) is 0.480. The second-order valence-electron chi connectivity index (χ2n) is 3.88. The van der Waals surface area contributed by atoms with Crippen LogP contribution in [0.5, 0.6) is 0 Å². The molecule has 0 saturated carbocycles. The average molecular weight is 202 g/mol. The Morgan fingerprint density at radius 1 is 0.923 bits per heavy atom. The van der Waals surface area contributed by atoms with E-state index in [1.165, 1.54) is 50.7 Å². The second-order valence-corrected chi connectivity index (χ2v) is 5.43. The molecule has 1 atom stereocenters. The number of unbranched alkanes of at least 4 members (excludes halogenated alkanes) is 4.